The van der Waals surface area contributed by atoms with Crippen molar-refractivity contribution in [3.8, 4) is 0 Å². The van der Waals surface area contributed by atoms with Crippen molar-refractivity contribution >= 4 is 15.9 Å². The molecule has 2 rings (SSSR count). The largest absolute Gasteiger partial charge is 0.339 e. The number of carbonyl (C=O) groups is 1. The predicted molar refractivity (Wildman–Crippen MR) is 100 cm³/mol. The number of carbonyl (C=O) groups excluding carboxylic acids is 1. The van der Waals surface area contributed by atoms with E-state index in [0.29, 0.717) is 24.6 Å². The number of rotatable bonds is 6. The highest BCUT2D eigenvalue weighted by atomic mass is 32.2. The first-order chi connectivity index (χ1) is 11.7. The van der Waals surface area contributed by atoms with Gasteiger partial charge in [-0.25, -0.2) is 8.42 Å². The fourth-order valence-corrected chi connectivity index (χ4v) is 4.85. The average molecular weight is 367 g/mol. The number of benzene rings is 1. The van der Waals surface area contributed by atoms with Crippen molar-refractivity contribution in [1.29, 1.82) is 0 Å². The lowest BCUT2D eigenvalue weighted by Gasteiger charge is -2.27. The van der Waals surface area contributed by atoms with Crippen LogP contribution in [0.3, 0.4) is 0 Å². The summed E-state index contributed by atoms with van der Waals surface area (Å²) in [6.45, 7) is 7.39. The molecule has 1 aromatic carbocycles. The first kappa shape index (κ1) is 19.9. The van der Waals surface area contributed by atoms with E-state index in [1.165, 1.54) is 10.4 Å². The van der Waals surface area contributed by atoms with Crippen molar-refractivity contribution in [2.24, 2.45) is 5.92 Å². The number of piperidine rings is 1. The predicted octanol–water partition coefficient (Wildman–Crippen LogP) is 3.37. The molecule has 1 fully saturated rings. The minimum Gasteiger partial charge on any atom is -0.339 e. The van der Waals surface area contributed by atoms with Gasteiger partial charge in [0.05, 0.1) is 4.90 Å². The van der Waals surface area contributed by atoms with E-state index in [0.717, 1.165) is 25.7 Å². The second-order valence-electron chi connectivity index (χ2n) is 7.39. The molecule has 1 heterocycles. The molecule has 1 atom stereocenters. The summed E-state index contributed by atoms with van der Waals surface area (Å²) in [5.74, 6) is 0.361. The molecule has 1 amide bonds. The summed E-state index contributed by atoms with van der Waals surface area (Å²) >= 11 is 0. The van der Waals surface area contributed by atoms with Gasteiger partial charge in [0.15, 0.2) is 0 Å². The van der Waals surface area contributed by atoms with Crippen LogP contribution in [-0.4, -0.2) is 49.7 Å². The van der Waals surface area contributed by atoms with Gasteiger partial charge in [-0.3, -0.25) is 4.79 Å². The number of amides is 1. The van der Waals surface area contributed by atoms with E-state index in [4.69, 9.17) is 0 Å². The van der Waals surface area contributed by atoms with Crippen LogP contribution in [0, 0.1) is 5.92 Å². The molecule has 1 aliphatic rings. The van der Waals surface area contributed by atoms with Gasteiger partial charge < -0.3 is 4.90 Å². The van der Waals surface area contributed by atoms with Gasteiger partial charge in [-0.2, -0.15) is 4.31 Å². The van der Waals surface area contributed by atoms with Crippen molar-refractivity contribution in [2.75, 3.05) is 20.1 Å². The van der Waals surface area contributed by atoms with Gasteiger partial charge in [0.25, 0.3) is 5.91 Å². The Morgan fingerprint density at radius 3 is 2.40 bits per heavy atom. The minimum absolute atomic E-state index is 0.106. The maximum absolute atomic E-state index is 12.8. The van der Waals surface area contributed by atoms with Crippen LogP contribution in [0.25, 0.3) is 0 Å². The van der Waals surface area contributed by atoms with Gasteiger partial charge in [0, 0.05) is 31.7 Å². The first-order valence-corrected chi connectivity index (χ1v) is 10.5. The summed E-state index contributed by atoms with van der Waals surface area (Å²) in [4.78, 5) is 14.7. The summed E-state index contributed by atoms with van der Waals surface area (Å²) in [6.07, 6.45) is 3.78. The summed E-state index contributed by atoms with van der Waals surface area (Å²) in [5.41, 5.74) is 0.427. The van der Waals surface area contributed by atoms with Gasteiger partial charge in [-0.15, -0.1) is 0 Å². The van der Waals surface area contributed by atoms with Crippen LogP contribution in [0.4, 0.5) is 0 Å². The third kappa shape index (κ3) is 4.82. The van der Waals surface area contributed by atoms with Crippen LogP contribution in [0.15, 0.2) is 29.2 Å². The van der Waals surface area contributed by atoms with Crippen molar-refractivity contribution in [3.63, 3.8) is 0 Å². The van der Waals surface area contributed by atoms with Gasteiger partial charge in [0.2, 0.25) is 10.0 Å². The van der Waals surface area contributed by atoms with Crippen LogP contribution in [0.5, 0.6) is 0 Å². The van der Waals surface area contributed by atoms with E-state index in [9.17, 15) is 13.2 Å². The molecule has 0 aliphatic carbocycles. The average Bonchev–Trinajstić information content (AvgIpc) is 2.60. The molecule has 1 aromatic rings. The Bertz CT molecular complexity index is 694. The van der Waals surface area contributed by atoms with E-state index >= 15 is 0 Å². The lowest BCUT2D eigenvalue weighted by Crippen LogP contribution is -2.37. The third-order valence-electron chi connectivity index (χ3n) is 4.83. The lowest BCUT2D eigenvalue weighted by molar-refractivity contribution is 0.0728. The Labute approximate surface area is 152 Å². The zero-order valence-electron chi connectivity index (χ0n) is 15.7. The fourth-order valence-electron chi connectivity index (χ4n) is 3.29. The second-order valence-corrected chi connectivity index (χ2v) is 9.33. The minimum atomic E-state index is -3.52. The van der Waals surface area contributed by atoms with Crippen LogP contribution in [0.2, 0.25) is 0 Å². The SMILES string of the molecule is CC(C)CC(C)N(C)C(=O)c1cccc(S(=O)(=O)N2CCCCC2)c1. The van der Waals surface area contributed by atoms with Crippen molar-refractivity contribution in [3.05, 3.63) is 29.8 Å². The molecule has 0 radical (unpaired) electrons. The van der Waals surface area contributed by atoms with Crippen LogP contribution < -0.4 is 0 Å². The Hall–Kier alpha value is -1.40. The fraction of sp³-hybridized carbons (Fsp3) is 0.632. The Kier molecular flexibility index (Phi) is 6.63. The normalized spacial score (nSPS) is 17.5. The maximum atomic E-state index is 12.8. The lowest BCUT2D eigenvalue weighted by atomic mass is 10.0. The molecule has 1 saturated heterocycles. The summed E-state index contributed by atoms with van der Waals surface area (Å²) in [6, 6.07) is 6.56. The van der Waals surface area contributed by atoms with E-state index in [-0.39, 0.29) is 16.8 Å². The zero-order valence-corrected chi connectivity index (χ0v) is 16.6. The molecule has 5 nitrogen and oxygen atoms in total. The topological polar surface area (TPSA) is 57.7 Å². The Morgan fingerprint density at radius 1 is 1.16 bits per heavy atom. The Morgan fingerprint density at radius 2 is 1.80 bits per heavy atom. The van der Waals surface area contributed by atoms with Gasteiger partial charge in [-0.05, 0) is 50.3 Å². The summed E-state index contributed by atoms with van der Waals surface area (Å²) < 4.78 is 27.2. The first-order valence-electron chi connectivity index (χ1n) is 9.11. The molecule has 0 bridgehead atoms. The maximum Gasteiger partial charge on any atom is 0.253 e. The van der Waals surface area contributed by atoms with Crippen LogP contribution >= 0.6 is 0 Å². The smallest absolute Gasteiger partial charge is 0.253 e. The van der Waals surface area contributed by atoms with Gasteiger partial charge >= 0.3 is 0 Å². The van der Waals surface area contributed by atoms with Crippen molar-refractivity contribution in [2.45, 2.75) is 57.4 Å². The standard InChI is InChI=1S/C19H30N2O3S/c1-15(2)13-16(3)20(4)19(22)17-9-8-10-18(14-17)25(23,24)21-11-6-5-7-12-21/h8-10,14-16H,5-7,11-13H2,1-4H3. The molecule has 0 saturated carbocycles. The van der Waals surface area contributed by atoms with E-state index in [2.05, 4.69) is 13.8 Å². The van der Waals surface area contributed by atoms with Crippen LogP contribution in [0.1, 0.15) is 56.8 Å². The molecular formula is C19H30N2O3S. The molecule has 25 heavy (non-hydrogen) atoms. The summed E-state index contributed by atoms with van der Waals surface area (Å²) in [7, 11) is -1.74. The molecule has 0 spiro atoms. The van der Waals surface area contributed by atoms with E-state index in [1.54, 1.807) is 30.1 Å². The van der Waals surface area contributed by atoms with Crippen LogP contribution in [-0.2, 0) is 10.0 Å². The highest BCUT2D eigenvalue weighted by Gasteiger charge is 2.27. The molecule has 1 unspecified atom stereocenters. The molecule has 1 aliphatic heterocycles. The quantitative estimate of drug-likeness (QED) is 0.776. The number of nitrogens with zero attached hydrogens (tertiary/aromatic N) is 2. The van der Waals surface area contributed by atoms with Crippen molar-refractivity contribution < 1.29 is 13.2 Å². The monoisotopic (exact) mass is 366 g/mol. The van der Waals surface area contributed by atoms with E-state index in [1.807, 2.05) is 6.92 Å². The molecule has 140 valence electrons. The number of hydrogen-bond donors (Lipinski definition) is 0. The highest BCUT2D eigenvalue weighted by Crippen LogP contribution is 2.22. The molecular weight excluding hydrogens is 336 g/mol. The Balaban J connectivity index is 2.21. The summed E-state index contributed by atoms with van der Waals surface area (Å²) in [5, 5.41) is 0. The second kappa shape index (κ2) is 8.32. The third-order valence-corrected chi connectivity index (χ3v) is 6.72. The molecule has 0 N–H and O–H groups in total. The highest BCUT2D eigenvalue weighted by molar-refractivity contribution is 7.89. The van der Waals surface area contributed by atoms with Gasteiger partial charge in [0.1, 0.15) is 0 Å². The number of sulfonamides is 1. The number of hydrogen-bond acceptors (Lipinski definition) is 3. The molecule has 0 aromatic heterocycles. The van der Waals surface area contributed by atoms with E-state index < -0.39 is 10.0 Å². The van der Waals surface area contributed by atoms with Crippen molar-refractivity contribution in [1.82, 2.24) is 9.21 Å². The van der Waals surface area contributed by atoms with Gasteiger partial charge in [-0.1, -0.05) is 26.3 Å². The zero-order chi connectivity index (χ0) is 18.6. The molecule has 6 heteroatoms.